The van der Waals surface area contributed by atoms with E-state index in [4.69, 9.17) is 16.3 Å². The normalized spacial score (nSPS) is 16.6. The third kappa shape index (κ3) is 3.71. The molecule has 2 aromatic carbocycles. The van der Waals surface area contributed by atoms with E-state index < -0.39 is 0 Å². The number of phenols is 1. The minimum Gasteiger partial charge on any atom is -0.508 e. The Morgan fingerprint density at radius 3 is 2.63 bits per heavy atom. The van der Waals surface area contributed by atoms with Gasteiger partial charge in [-0.1, -0.05) is 23.7 Å². The number of hydrogen-bond donors (Lipinski definition) is 1. The fourth-order valence-electron chi connectivity index (χ4n) is 3.13. The number of aromatic hydroxyl groups is 1. The second-order valence-corrected chi connectivity index (χ2v) is 6.62. The van der Waals surface area contributed by atoms with Crippen LogP contribution in [0.25, 0.3) is 0 Å². The summed E-state index contributed by atoms with van der Waals surface area (Å²) in [5.74, 6) is 1.51. The quantitative estimate of drug-likeness (QED) is 0.720. The van der Waals surface area contributed by atoms with Gasteiger partial charge in [-0.3, -0.25) is 9.69 Å². The predicted octanol–water partition coefficient (Wildman–Crippen LogP) is 4.50. The number of ether oxygens (including phenoxy) is 1. The molecule has 2 heterocycles. The first-order valence-corrected chi connectivity index (χ1v) is 8.84. The Labute approximate surface area is 161 Å². The van der Waals surface area contributed by atoms with Crippen LogP contribution in [0.5, 0.6) is 17.4 Å². The number of amides is 1. The van der Waals surface area contributed by atoms with Gasteiger partial charge in [0.25, 0.3) is 0 Å². The second kappa shape index (κ2) is 7.25. The summed E-state index contributed by atoms with van der Waals surface area (Å²) >= 11 is 5.86. The van der Waals surface area contributed by atoms with Gasteiger partial charge in [0.05, 0.1) is 18.4 Å². The van der Waals surface area contributed by atoms with Gasteiger partial charge < -0.3 is 9.84 Å². The van der Waals surface area contributed by atoms with Gasteiger partial charge in [0.1, 0.15) is 11.5 Å². The van der Waals surface area contributed by atoms with Crippen molar-refractivity contribution >= 4 is 23.3 Å². The Morgan fingerprint density at radius 1 is 1.11 bits per heavy atom. The molecule has 1 amide bonds. The first kappa shape index (κ1) is 17.3. The smallest absolute Gasteiger partial charge is 0.237 e. The number of rotatable bonds is 4. The standard InChI is InChI=1S/C20H16ClN3O3/c21-14-4-6-16(7-5-14)27-19-12-22-18(11-23-19)24-17(8-9-20(24)26)13-2-1-3-15(25)10-13/h1-7,10-12,17,25H,8-9H2. The van der Waals surface area contributed by atoms with Crippen LogP contribution in [-0.2, 0) is 4.79 Å². The van der Waals surface area contributed by atoms with E-state index in [0.717, 1.165) is 5.56 Å². The number of anilines is 1. The molecule has 1 atom stereocenters. The van der Waals surface area contributed by atoms with E-state index in [9.17, 15) is 9.90 Å². The highest BCUT2D eigenvalue weighted by molar-refractivity contribution is 6.30. The molecule has 1 unspecified atom stereocenters. The van der Waals surface area contributed by atoms with E-state index in [1.807, 2.05) is 6.07 Å². The molecule has 0 spiro atoms. The lowest BCUT2D eigenvalue weighted by Gasteiger charge is -2.24. The van der Waals surface area contributed by atoms with Gasteiger partial charge in [-0.25, -0.2) is 9.97 Å². The number of hydrogen-bond acceptors (Lipinski definition) is 5. The molecule has 1 aliphatic rings. The van der Waals surface area contributed by atoms with Crippen molar-refractivity contribution in [3.8, 4) is 17.4 Å². The van der Waals surface area contributed by atoms with Crippen LogP contribution in [0.4, 0.5) is 5.82 Å². The zero-order valence-corrected chi connectivity index (χ0v) is 15.0. The molecule has 1 aliphatic heterocycles. The third-order valence-corrected chi connectivity index (χ3v) is 4.62. The van der Waals surface area contributed by atoms with Gasteiger partial charge in [-0.15, -0.1) is 0 Å². The number of carbonyl (C=O) groups is 1. The second-order valence-electron chi connectivity index (χ2n) is 6.18. The van der Waals surface area contributed by atoms with Crippen LogP contribution >= 0.6 is 11.6 Å². The Bertz CT molecular complexity index is 961. The highest BCUT2D eigenvalue weighted by atomic mass is 35.5. The minimum atomic E-state index is -0.179. The van der Waals surface area contributed by atoms with Crippen molar-refractivity contribution in [1.29, 1.82) is 0 Å². The average molecular weight is 382 g/mol. The van der Waals surface area contributed by atoms with Crippen LogP contribution in [0, 0.1) is 0 Å². The number of benzene rings is 2. The molecule has 0 bridgehead atoms. The first-order valence-electron chi connectivity index (χ1n) is 8.46. The van der Waals surface area contributed by atoms with E-state index in [1.165, 1.54) is 12.4 Å². The maximum atomic E-state index is 12.4. The average Bonchev–Trinajstić information content (AvgIpc) is 3.06. The zero-order valence-electron chi connectivity index (χ0n) is 14.2. The summed E-state index contributed by atoms with van der Waals surface area (Å²) in [7, 11) is 0. The Balaban J connectivity index is 1.56. The van der Waals surface area contributed by atoms with Crippen molar-refractivity contribution in [1.82, 2.24) is 9.97 Å². The lowest BCUT2D eigenvalue weighted by molar-refractivity contribution is -0.117. The van der Waals surface area contributed by atoms with Gasteiger partial charge >= 0.3 is 0 Å². The summed E-state index contributed by atoms with van der Waals surface area (Å²) in [5.41, 5.74) is 0.865. The molecule has 0 aliphatic carbocycles. The van der Waals surface area contributed by atoms with Gasteiger partial charge in [0.15, 0.2) is 5.82 Å². The summed E-state index contributed by atoms with van der Waals surface area (Å²) in [5, 5.41) is 10.4. The SMILES string of the molecule is O=C1CCC(c2cccc(O)c2)N1c1cnc(Oc2ccc(Cl)cc2)cn1. The molecular weight excluding hydrogens is 366 g/mol. The lowest BCUT2D eigenvalue weighted by Crippen LogP contribution is -2.28. The number of aromatic nitrogens is 2. The lowest BCUT2D eigenvalue weighted by atomic mass is 10.0. The minimum absolute atomic E-state index is 0.0241. The summed E-state index contributed by atoms with van der Waals surface area (Å²) in [6.45, 7) is 0. The van der Waals surface area contributed by atoms with Gasteiger partial charge in [-0.05, 0) is 48.4 Å². The highest BCUT2D eigenvalue weighted by Crippen LogP contribution is 2.37. The molecule has 7 heteroatoms. The topological polar surface area (TPSA) is 75.5 Å². The molecule has 0 radical (unpaired) electrons. The van der Waals surface area contributed by atoms with Crippen molar-refractivity contribution in [2.45, 2.75) is 18.9 Å². The summed E-state index contributed by atoms with van der Waals surface area (Å²) in [4.78, 5) is 22.6. The van der Waals surface area contributed by atoms with Crippen LogP contribution in [0.3, 0.4) is 0 Å². The number of halogens is 1. The van der Waals surface area contributed by atoms with Gasteiger partial charge in [-0.2, -0.15) is 0 Å². The first-order chi connectivity index (χ1) is 13.1. The molecule has 27 heavy (non-hydrogen) atoms. The van der Waals surface area contributed by atoms with Crippen LogP contribution in [-0.4, -0.2) is 21.0 Å². The molecule has 1 saturated heterocycles. The fourth-order valence-corrected chi connectivity index (χ4v) is 3.25. The number of nitrogens with zero attached hydrogens (tertiary/aromatic N) is 3. The largest absolute Gasteiger partial charge is 0.508 e. The molecule has 136 valence electrons. The molecule has 4 rings (SSSR count). The van der Waals surface area contributed by atoms with Crippen molar-refractivity contribution < 1.29 is 14.6 Å². The molecule has 3 aromatic rings. The van der Waals surface area contributed by atoms with Crippen LogP contribution in [0.2, 0.25) is 5.02 Å². The summed E-state index contributed by atoms with van der Waals surface area (Å²) in [6, 6.07) is 13.7. The molecule has 6 nitrogen and oxygen atoms in total. The maximum absolute atomic E-state index is 12.4. The van der Waals surface area contributed by atoms with Crippen molar-refractivity contribution in [3.63, 3.8) is 0 Å². The van der Waals surface area contributed by atoms with Gasteiger partial charge in [0.2, 0.25) is 11.8 Å². The highest BCUT2D eigenvalue weighted by Gasteiger charge is 2.34. The number of carbonyl (C=O) groups excluding carboxylic acids is 1. The third-order valence-electron chi connectivity index (χ3n) is 4.36. The van der Waals surface area contributed by atoms with E-state index >= 15 is 0 Å². The van der Waals surface area contributed by atoms with Gasteiger partial charge in [0, 0.05) is 11.4 Å². The Morgan fingerprint density at radius 2 is 1.93 bits per heavy atom. The van der Waals surface area contributed by atoms with Crippen LogP contribution in [0.15, 0.2) is 60.9 Å². The molecule has 1 N–H and O–H groups in total. The Hall–Kier alpha value is -3.12. The number of phenolic OH excluding ortho intramolecular Hbond substituents is 1. The molecule has 1 aromatic heterocycles. The van der Waals surface area contributed by atoms with Crippen LogP contribution in [0.1, 0.15) is 24.4 Å². The molecular formula is C20H16ClN3O3. The maximum Gasteiger partial charge on any atom is 0.237 e. The molecule has 1 fully saturated rings. The zero-order chi connectivity index (χ0) is 18.8. The van der Waals surface area contributed by atoms with Crippen LogP contribution < -0.4 is 9.64 Å². The fraction of sp³-hybridized carbons (Fsp3) is 0.150. The van der Waals surface area contributed by atoms with E-state index in [2.05, 4.69) is 9.97 Å². The van der Waals surface area contributed by atoms with E-state index in [0.29, 0.717) is 35.3 Å². The van der Waals surface area contributed by atoms with Crippen molar-refractivity contribution in [2.75, 3.05) is 4.90 Å². The Kier molecular flexibility index (Phi) is 4.64. The summed E-state index contributed by atoms with van der Waals surface area (Å²) < 4.78 is 5.64. The van der Waals surface area contributed by atoms with E-state index in [-0.39, 0.29) is 17.7 Å². The van der Waals surface area contributed by atoms with Crippen molar-refractivity contribution in [2.24, 2.45) is 0 Å². The van der Waals surface area contributed by atoms with Crippen molar-refractivity contribution in [3.05, 3.63) is 71.5 Å². The predicted molar refractivity (Wildman–Crippen MR) is 101 cm³/mol. The molecule has 0 saturated carbocycles. The summed E-state index contributed by atoms with van der Waals surface area (Å²) in [6.07, 6.45) is 4.08. The monoisotopic (exact) mass is 381 g/mol. The van der Waals surface area contributed by atoms with E-state index in [1.54, 1.807) is 47.4 Å².